The Labute approximate surface area is 249 Å². The molecule has 1 unspecified atom stereocenters. The van der Waals surface area contributed by atoms with Gasteiger partial charge in [0.1, 0.15) is 12.4 Å². The van der Waals surface area contributed by atoms with Crippen molar-refractivity contribution in [3.05, 3.63) is 58.9 Å². The summed E-state index contributed by atoms with van der Waals surface area (Å²) >= 11 is 0. The highest BCUT2D eigenvalue weighted by Crippen LogP contribution is 2.25. The Hall–Kier alpha value is -3.24. The quantitative estimate of drug-likeness (QED) is 0.172. The van der Waals surface area contributed by atoms with Gasteiger partial charge in [-0.25, -0.2) is 4.39 Å². The van der Waals surface area contributed by atoms with Crippen molar-refractivity contribution < 1.29 is 18.7 Å². The molecule has 2 aromatic rings. The molecule has 2 atom stereocenters. The second-order valence-electron chi connectivity index (χ2n) is 9.24. The Morgan fingerprint density at radius 3 is 2.24 bits per heavy atom. The fraction of sp³-hybridized carbons (Fsp3) is 0.559. The first-order chi connectivity index (χ1) is 19.8. The van der Waals surface area contributed by atoms with Crippen LogP contribution in [-0.2, 0) is 16.0 Å². The van der Waals surface area contributed by atoms with E-state index in [9.17, 15) is 14.0 Å². The number of ether oxygens (including phenoxy) is 1. The normalized spacial score (nSPS) is 12.3. The summed E-state index contributed by atoms with van der Waals surface area (Å²) in [5, 5.41) is 12.7. The molecule has 0 saturated carbocycles. The number of nitrogens with one attached hydrogen (secondary N) is 2. The summed E-state index contributed by atoms with van der Waals surface area (Å²) < 4.78 is 19.2. The van der Waals surface area contributed by atoms with Crippen LogP contribution in [0.1, 0.15) is 103 Å². The first-order valence-corrected chi connectivity index (χ1v) is 15.1. The highest BCUT2D eigenvalue weighted by molar-refractivity contribution is 5.97. The average molecular weight is 572 g/mol. The molecule has 0 radical (unpaired) electrons. The van der Waals surface area contributed by atoms with Gasteiger partial charge in [0, 0.05) is 18.7 Å². The highest BCUT2D eigenvalue weighted by atomic mass is 19.1. The van der Waals surface area contributed by atoms with Crippen LogP contribution in [0.4, 0.5) is 4.39 Å². The molecule has 0 saturated heterocycles. The number of carbonyl (C=O) groups excluding carboxylic acids is 2. The average Bonchev–Trinajstić information content (AvgIpc) is 3.01. The third kappa shape index (κ3) is 17.2. The number of halogens is 1. The van der Waals surface area contributed by atoms with Crippen LogP contribution in [0.2, 0.25) is 0 Å². The van der Waals surface area contributed by atoms with Gasteiger partial charge in [-0.05, 0) is 79.8 Å². The van der Waals surface area contributed by atoms with Crippen LogP contribution in [-0.4, -0.2) is 38.1 Å². The summed E-state index contributed by atoms with van der Waals surface area (Å²) in [6.07, 6.45) is 6.72. The molecule has 1 aliphatic rings. The first-order valence-electron chi connectivity index (χ1n) is 15.1. The second-order valence-corrected chi connectivity index (χ2v) is 9.24. The Kier molecular flexibility index (Phi) is 25.0. The van der Waals surface area contributed by atoms with Gasteiger partial charge in [0.05, 0.1) is 12.2 Å². The number of benzene rings is 2. The summed E-state index contributed by atoms with van der Waals surface area (Å²) in [5.41, 5.74) is 4.19. The van der Waals surface area contributed by atoms with Gasteiger partial charge in [-0.3, -0.25) is 9.59 Å². The van der Waals surface area contributed by atoms with E-state index in [0.29, 0.717) is 24.6 Å². The second kappa shape index (κ2) is 25.7. The Balaban J connectivity index is 0. The standard InChI is InChI=1S/C16H14FNO.C11H24O.C3H4N2O.2C2H6/c1-10-2-3-12(9-15(10)17)11-4-5-14-13(8-11)6-7-18-16(14)19;1-5-10(3)8-7-9-12-11(4)6-2;4-1-2-5-3-6;2*1-2/h2-5,8-9H,6-7H2,1H3,(H,18,19);10-11H,5-9H2,1-4H3;3H,2H2,(H,5,6);2*1-2H3/t;10?,11-;;;/m.1.../s1. The summed E-state index contributed by atoms with van der Waals surface area (Å²) in [7, 11) is 0. The molecule has 0 spiro atoms. The largest absolute Gasteiger partial charge is 0.379 e. The van der Waals surface area contributed by atoms with Gasteiger partial charge in [0.2, 0.25) is 6.41 Å². The zero-order valence-corrected chi connectivity index (χ0v) is 26.9. The SMILES string of the molecule is CC.CC.CCC(C)CCCO[C@H](C)CC.Cc1ccc(-c2ccc3c(c2)CCNC3=O)cc1F.N#CCNC=O. The number of hydrogen-bond acceptors (Lipinski definition) is 4. The fourth-order valence-corrected chi connectivity index (χ4v) is 3.51. The summed E-state index contributed by atoms with van der Waals surface area (Å²) in [5.74, 6) is 0.640. The molecule has 230 valence electrons. The van der Waals surface area contributed by atoms with Gasteiger partial charge in [0.15, 0.2) is 0 Å². The number of nitriles is 1. The van der Waals surface area contributed by atoms with Crippen molar-refractivity contribution in [2.45, 2.75) is 101 Å². The number of rotatable bonds is 10. The third-order valence-corrected chi connectivity index (χ3v) is 6.31. The molecule has 0 fully saturated rings. The van der Waals surface area contributed by atoms with Crippen LogP contribution in [0.3, 0.4) is 0 Å². The van der Waals surface area contributed by atoms with Crippen LogP contribution in [0.15, 0.2) is 36.4 Å². The Bertz CT molecular complexity index is 1010. The van der Waals surface area contributed by atoms with Gasteiger partial charge < -0.3 is 15.4 Å². The van der Waals surface area contributed by atoms with Gasteiger partial charge >= 0.3 is 0 Å². The lowest BCUT2D eigenvalue weighted by Gasteiger charge is -2.17. The predicted molar refractivity (Wildman–Crippen MR) is 169 cm³/mol. The van der Waals surface area contributed by atoms with Crippen LogP contribution in [0.5, 0.6) is 0 Å². The maximum absolute atomic E-state index is 13.6. The van der Waals surface area contributed by atoms with Crippen molar-refractivity contribution >= 4 is 12.3 Å². The molecule has 3 rings (SSSR count). The van der Waals surface area contributed by atoms with Crippen LogP contribution >= 0.6 is 0 Å². The molecule has 41 heavy (non-hydrogen) atoms. The van der Waals surface area contributed by atoms with E-state index in [0.717, 1.165) is 47.6 Å². The van der Waals surface area contributed by atoms with E-state index in [4.69, 9.17) is 10.00 Å². The van der Waals surface area contributed by atoms with Crippen molar-refractivity contribution in [3.8, 4) is 17.2 Å². The van der Waals surface area contributed by atoms with Crippen molar-refractivity contribution in [1.29, 1.82) is 5.26 Å². The molecule has 7 heteroatoms. The van der Waals surface area contributed by atoms with Crippen LogP contribution in [0, 0.1) is 30.0 Å². The van der Waals surface area contributed by atoms with Crippen molar-refractivity contribution in [2.24, 2.45) is 5.92 Å². The van der Waals surface area contributed by atoms with E-state index < -0.39 is 0 Å². The molecule has 0 bridgehead atoms. The molecule has 2 aromatic carbocycles. The van der Waals surface area contributed by atoms with Gasteiger partial charge in [0.25, 0.3) is 5.91 Å². The number of carbonyl (C=O) groups is 2. The lowest BCUT2D eigenvalue weighted by atomic mass is 9.94. The van der Waals surface area contributed by atoms with E-state index in [1.165, 1.54) is 19.3 Å². The number of hydrogen-bond donors (Lipinski definition) is 2. The minimum absolute atomic E-state index is 0.0251. The maximum Gasteiger partial charge on any atom is 0.251 e. The molecular weight excluding hydrogens is 517 g/mol. The Morgan fingerprint density at radius 2 is 1.71 bits per heavy atom. The fourth-order valence-electron chi connectivity index (χ4n) is 3.51. The van der Waals surface area contributed by atoms with Crippen LogP contribution < -0.4 is 10.6 Å². The maximum atomic E-state index is 13.6. The van der Waals surface area contributed by atoms with E-state index >= 15 is 0 Å². The van der Waals surface area contributed by atoms with Gasteiger partial charge in [-0.1, -0.05) is 79.2 Å². The molecule has 6 nitrogen and oxygen atoms in total. The summed E-state index contributed by atoms with van der Waals surface area (Å²) in [6, 6.07) is 12.6. The molecule has 1 heterocycles. The van der Waals surface area contributed by atoms with Crippen molar-refractivity contribution in [2.75, 3.05) is 19.7 Å². The van der Waals surface area contributed by atoms with Gasteiger partial charge in [-0.15, -0.1) is 0 Å². The number of aryl methyl sites for hydroxylation is 1. The summed E-state index contributed by atoms with van der Waals surface area (Å²) in [4.78, 5) is 21.0. The number of fused-ring (bicyclic) bond motifs is 1. The van der Waals surface area contributed by atoms with Gasteiger partial charge in [-0.2, -0.15) is 5.26 Å². The van der Waals surface area contributed by atoms with Crippen molar-refractivity contribution in [3.63, 3.8) is 0 Å². The van der Waals surface area contributed by atoms with E-state index in [1.807, 2.05) is 52.0 Å². The lowest BCUT2D eigenvalue weighted by molar-refractivity contribution is -0.109. The highest BCUT2D eigenvalue weighted by Gasteiger charge is 2.16. The molecule has 1 aliphatic heterocycles. The lowest BCUT2D eigenvalue weighted by Crippen LogP contribution is -2.31. The third-order valence-electron chi connectivity index (χ3n) is 6.31. The zero-order valence-electron chi connectivity index (χ0n) is 26.9. The Morgan fingerprint density at radius 1 is 1.07 bits per heavy atom. The monoisotopic (exact) mass is 571 g/mol. The number of nitrogens with zero attached hydrogens (tertiary/aromatic N) is 1. The first kappa shape index (κ1) is 39.9. The molecular formula is C34H54FN3O3. The predicted octanol–water partition coefficient (Wildman–Crippen LogP) is 8.02. The topological polar surface area (TPSA) is 91.2 Å². The minimum atomic E-state index is -0.201. The molecule has 2 amide bonds. The smallest absolute Gasteiger partial charge is 0.251 e. The molecule has 0 aliphatic carbocycles. The minimum Gasteiger partial charge on any atom is -0.379 e. The number of amides is 2. The van der Waals surface area contributed by atoms with E-state index in [-0.39, 0.29) is 18.3 Å². The molecule has 2 N–H and O–H groups in total. The summed E-state index contributed by atoms with van der Waals surface area (Å²) in [6.45, 7) is 20.3. The molecule has 0 aromatic heterocycles. The van der Waals surface area contributed by atoms with Crippen LogP contribution in [0.25, 0.3) is 11.1 Å². The van der Waals surface area contributed by atoms with E-state index in [1.54, 1.807) is 25.1 Å². The van der Waals surface area contributed by atoms with E-state index in [2.05, 4.69) is 38.3 Å². The zero-order chi connectivity index (χ0) is 31.6. The van der Waals surface area contributed by atoms with Crippen molar-refractivity contribution in [1.82, 2.24) is 10.6 Å².